The van der Waals surface area contributed by atoms with E-state index in [1.165, 1.54) is 12.1 Å². The third kappa shape index (κ3) is 4.14. The predicted octanol–water partition coefficient (Wildman–Crippen LogP) is 3.31. The summed E-state index contributed by atoms with van der Waals surface area (Å²) in [5.41, 5.74) is 7.73. The quantitative estimate of drug-likeness (QED) is 0.636. The van der Waals surface area contributed by atoms with Crippen LogP contribution in [0, 0.1) is 5.82 Å². The van der Waals surface area contributed by atoms with Gasteiger partial charge < -0.3 is 20.5 Å². The second-order valence-electron chi connectivity index (χ2n) is 6.43. The molecule has 0 unspecified atom stereocenters. The maximum absolute atomic E-state index is 13.3. The molecular formula is C20H24FN3O2. The molecule has 2 aromatic carbocycles. The summed E-state index contributed by atoms with van der Waals surface area (Å²) in [5.74, 6) is 0.782. The van der Waals surface area contributed by atoms with Crippen molar-refractivity contribution in [1.82, 2.24) is 0 Å². The molecular weight excluding hydrogens is 333 g/mol. The van der Waals surface area contributed by atoms with Crippen molar-refractivity contribution in [2.24, 2.45) is 10.7 Å². The molecule has 0 aliphatic carbocycles. The molecule has 5 nitrogen and oxygen atoms in total. The van der Waals surface area contributed by atoms with Crippen LogP contribution in [-0.4, -0.2) is 32.8 Å². The normalized spacial score (nSPS) is 16.9. The van der Waals surface area contributed by atoms with Crippen molar-refractivity contribution in [2.45, 2.75) is 18.3 Å². The monoisotopic (exact) mass is 357 g/mol. The van der Waals surface area contributed by atoms with Crippen molar-refractivity contribution in [3.63, 3.8) is 0 Å². The van der Waals surface area contributed by atoms with E-state index < -0.39 is 0 Å². The minimum absolute atomic E-state index is 0.195. The zero-order chi connectivity index (χ0) is 18.4. The Morgan fingerprint density at radius 3 is 2.58 bits per heavy atom. The molecule has 1 aliphatic rings. The molecule has 1 heterocycles. The van der Waals surface area contributed by atoms with Crippen molar-refractivity contribution in [3.8, 4) is 5.75 Å². The van der Waals surface area contributed by atoms with Gasteiger partial charge in [0.15, 0.2) is 5.96 Å². The van der Waals surface area contributed by atoms with E-state index in [9.17, 15) is 4.39 Å². The van der Waals surface area contributed by atoms with Crippen LogP contribution in [0.3, 0.4) is 0 Å². The summed E-state index contributed by atoms with van der Waals surface area (Å²) >= 11 is 0. The molecule has 0 aromatic heterocycles. The number of hydrogen-bond donors (Lipinski definition) is 2. The number of nitrogens with zero attached hydrogens (tertiary/aromatic N) is 1. The first-order valence-corrected chi connectivity index (χ1v) is 8.67. The van der Waals surface area contributed by atoms with E-state index in [2.05, 4.69) is 10.3 Å². The van der Waals surface area contributed by atoms with Crippen LogP contribution >= 0.6 is 0 Å². The van der Waals surface area contributed by atoms with Crippen molar-refractivity contribution in [1.29, 1.82) is 0 Å². The van der Waals surface area contributed by atoms with Gasteiger partial charge in [-0.25, -0.2) is 4.39 Å². The third-order valence-corrected chi connectivity index (χ3v) is 4.83. The van der Waals surface area contributed by atoms with Crippen LogP contribution in [-0.2, 0) is 10.2 Å². The lowest BCUT2D eigenvalue weighted by Gasteiger charge is -2.36. The molecule has 0 bridgehead atoms. The Morgan fingerprint density at radius 2 is 1.88 bits per heavy atom. The molecule has 1 aliphatic heterocycles. The molecule has 0 radical (unpaired) electrons. The first kappa shape index (κ1) is 18.2. The maximum atomic E-state index is 13.3. The van der Waals surface area contributed by atoms with E-state index in [0.29, 0.717) is 31.5 Å². The minimum Gasteiger partial charge on any atom is -0.495 e. The Kier molecular flexibility index (Phi) is 5.73. The number of rotatable bonds is 5. The lowest BCUT2D eigenvalue weighted by Crippen LogP contribution is -2.38. The van der Waals surface area contributed by atoms with Gasteiger partial charge in [0.2, 0.25) is 0 Å². The Hall–Kier alpha value is -2.60. The Labute approximate surface area is 153 Å². The molecule has 1 saturated heterocycles. The van der Waals surface area contributed by atoms with E-state index in [4.69, 9.17) is 15.2 Å². The number of halogens is 1. The smallest absolute Gasteiger partial charge is 0.193 e. The zero-order valence-corrected chi connectivity index (χ0v) is 14.9. The second-order valence-corrected chi connectivity index (χ2v) is 6.43. The number of nitrogens with two attached hydrogens (primary N) is 1. The fraction of sp³-hybridized carbons (Fsp3) is 0.350. The van der Waals surface area contributed by atoms with Crippen LogP contribution < -0.4 is 15.8 Å². The summed E-state index contributed by atoms with van der Waals surface area (Å²) < 4.78 is 24.1. The number of para-hydroxylation sites is 2. The predicted molar refractivity (Wildman–Crippen MR) is 101 cm³/mol. The summed E-state index contributed by atoms with van der Waals surface area (Å²) in [5, 5.41) is 3.09. The largest absolute Gasteiger partial charge is 0.495 e. The van der Waals surface area contributed by atoms with Gasteiger partial charge in [-0.1, -0.05) is 24.3 Å². The van der Waals surface area contributed by atoms with Gasteiger partial charge in [-0.2, -0.15) is 0 Å². The van der Waals surface area contributed by atoms with Crippen molar-refractivity contribution < 1.29 is 13.9 Å². The number of hydrogen-bond acceptors (Lipinski definition) is 3. The van der Waals surface area contributed by atoms with Crippen LogP contribution in [0.4, 0.5) is 10.1 Å². The van der Waals surface area contributed by atoms with Crippen molar-refractivity contribution in [3.05, 3.63) is 59.9 Å². The average molecular weight is 357 g/mol. The molecule has 0 atom stereocenters. The van der Waals surface area contributed by atoms with Crippen LogP contribution in [0.25, 0.3) is 0 Å². The van der Waals surface area contributed by atoms with E-state index >= 15 is 0 Å². The van der Waals surface area contributed by atoms with Crippen LogP contribution in [0.5, 0.6) is 5.75 Å². The minimum atomic E-state index is -0.239. The van der Waals surface area contributed by atoms with Gasteiger partial charge in [-0.15, -0.1) is 0 Å². The molecule has 0 saturated carbocycles. The molecule has 3 rings (SSSR count). The highest BCUT2D eigenvalue weighted by Crippen LogP contribution is 2.35. The number of nitrogens with one attached hydrogen (secondary N) is 1. The van der Waals surface area contributed by atoms with Crippen LogP contribution in [0.2, 0.25) is 0 Å². The molecule has 138 valence electrons. The molecule has 3 N–H and O–H groups in total. The lowest BCUT2D eigenvalue weighted by molar-refractivity contribution is 0.0531. The van der Waals surface area contributed by atoms with Gasteiger partial charge in [0.05, 0.1) is 19.3 Å². The summed E-state index contributed by atoms with van der Waals surface area (Å²) in [6.45, 7) is 1.83. The van der Waals surface area contributed by atoms with Crippen LogP contribution in [0.1, 0.15) is 18.4 Å². The van der Waals surface area contributed by atoms with E-state index in [1.807, 2.05) is 36.4 Å². The lowest BCUT2D eigenvalue weighted by atomic mass is 9.74. The fourth-order valence-corrected chi connectivity index (χ4v) is 3.27. The van der Waals surface area contributed by atoms with Gasteiger partial charge in [-0.3, -0.25) is 4.99 Å². The second kappa shape index (κ2) is 8.19. The fourth-order valence-electron chi connectivity index (χ4n) is 3.27. The molecule has 0 spiro atoms. The SMILES string of the molecule is COc1ccccc1NC(N)=NCC1(c2ccc(F)cc2)CCOCC1. The Morgan fingerprint density at radius 1 is 1.19 bits per heavy atom. The first-order chi connectivity index (χ1) is 12.6. The highest BCUT2D eigenvalue weighted by atomic mass is 19.1. The number of anilines is 1. The third-order valence-electron chi connectivity index (χ3n) is 4.83. The molecule has 2 aromatic rings. The summed E-state index contributed by atoms with van der Waals surface area (Å²) in [6.07, 6.45) is 1.65. The number of ether oxygens (including phenoxy) is 2. The standard InChI is InChI=1S/C20H24FN3O2/c1-25-18-5-3-2-4-17(18)24-19(22)23-14-20(10-12-26-13-11-20)15-6-8-16(21)9-7-15/h2-9H,10-14H2,1H3,(H3,22,23,24). The molecule has 0 amide bonds. The zero-order valence-electron chi connectivity index (χ0n) is 14.9. The molecule has 6 heteroatoms. The van der Waals surface area contributed by atoms with Gasteiger partial charge in [0.25, 0.3) is 0 Å². The summed E-state index contributed by atoms with van der Waals surface area (Å²) in [6, 6.07) is 14.2. The topological polar surface area (TPSA) is 68.9 Å². The number of guanidine groups is 1. The number of methoxy groups -OCH3 is 1. The maximum Gasteiger partial charge on any atom is 0.193 e. The van der Waals surface area contributed by atoms with Gasteiger partial charge >= 0.3 is 0 Å². The van der Waals surface area contributed by atoms with Crippen molar-refractivity contribution in [2.75, 3.05) is 32.2 Å². The number of aliphatic imine (C=N–C) groups is 1. The summed E-state index contributed by atoms with van der Waals surface area (Å²) in [7, 11) is 1.61. The number of benzene rings is 2. The Bertz CT molecular complexity index is 756. The van der Waals surface area contributed by atoms with Crippen LogP contribution in [0.15, 0.2) is 53.5 Å². The van der Waals surface area contributed by atoms with E-state index in [1.54, 1.807) is 7.11 Å². The first-order valence-electron chi connectivity index (χ1n) is 8.67. The highest BCUT2D eigenvalue weighted by Gasteiger charge is 2.34. The Balaban J connectivity index is 1.78. The molecule has 1 fully saturated rings. The van der Waals surface area contributed by atoms with Crippen molar-refractivity contribution >= 4 is 11.6 Å². The van der Waals surface area contributed by atoms with Gasteiger partial charge in [-0.05, 0) is 42.7 Å². The van der Waals surface area contributed by atoms with Gasteiger partial charge in [0.1, 0.15) is 11.6 Å². The van der Waals surface area contributed by atoms with Gasteiger partial charge in [0, 0.05) is 18.6 Å². The summed E-state index contributed by atoms with van der Waals surface area (Å²) in [4.78, 5) is 4.57. The van der Waals surface area contributed by atoms with E-state index in [0.717, 1.165) is 24.1 Å². The average Bonchev–Trinajstić information content (AvgIpc) is 2.68. The highest BCUT2D eigenvalue weighted by molar-refractivity contribution is 5.93. The van der Waals surface area contributed by atoms with E-state index in [-0.39, 0.29) is 11.2 Å². The molecule has 26 heavy (non-hydrogen) atoms.